The van der Waals surface area contributed by atoms with Crippen LogP contribution in [-0.4, -0.2) is 43.5 Å². The molecule has 0 radical (unpaired) electrons. The first-order valence-corrected chi connectivity index (χ1v) is 7.69. The third kappa shape index (κ3) is 4.43. The number of carbonyl (C=O) groups is 1. The lowest BCUT2D eigenvalue weighted by molar-refractivity contribution is -0.130. The van der Waals surface area contributed by atoms with Crippen LogP contribution in [0.25, 0.3) is 0 Å². The van der Waals surface area contributed by atoms with E-state index in [-0.39, 0.29) is 18.3 Å². The predicted octanol–water partition coefficient (Wildman–Crippen LogP) is 1.99. The van der Waals surface area contributed by atoms with Crippen molar-refractivity contribution in [3.63, 3.8) is 0 Å². The SMILES string of the molecule is NCCCN(CC(=O)N1CCCCC1)c1ccccc1F. The average molecular weight is 293 g/mol. The number of halogens is 1. The summed E-state index contributed by atoms with van der Waals surface area (Å²) in [5, 5.41) is 0. The lowest BCUT2D eigenvalue weighted by atomic mass is 10.1. The number of carbonyl (C=O) groups excluding carboxylic acids is 1. The van der Waals surface area contributed by atoms with Gasteiger partial charge in [-0.15, -0.1) is 0 Å². The lowest BCUT2D eigenvalue weighted by Crippen LogP contribution is -2.43. The van der Waals surface area contributed by atoms with Gasteiger partial charge >= 0.3 is 0 Å². The van der Waals surface area contributed by atoms with Crippen LogP contribution < -0.4 is 10.6 Å². The second kappa shape index (κ2) is 7.98. The number of amides is 1. The van der Waals surface area contributed by atoms with Crippen LogP contribution in [0.1, 0.15) is 25.7 Å². The summed E-state index contributed by atoms with van der Waals surface area (Å²) in [5.41, 5.74) is 6.03. The van der Waals surface area contributed by atoms with Crippen molar-refractivity contribution in [3.8, 4) is 0 Å². The van der Waals surface area contributed by atoms with Gasteiger partial charge in [-0.05, 0) is 44.4 Å². The van der Waals surface area contributed by atoms with Crippen LogP contribution in [-0.2, 0) is 4.79 Å². The zero-order valence-corrected chi connectivity index (χ0v) is 12.4. The Morgan fingerprint density at radius 2 is 1.95 bits per heavy atom. The highest BCUT2D eigenvalue weighted by Gasteiger charge is 2.20. The standard InChI is InChI=1S/C16H24FN3O/c17-14-7-2-3-8-15(14)20(12-6-9-18)13-16(21)19-10-4-1-5-11-19/h2-3,7-8H,1,4-6,9-13,18H2. The molecule has 1 heterocycles. The molecule has 0 aliphatic carbocycles. The summed E-state index contributed by atoms with van der Waals surface area (Å²) in [5.74, 6) is -0.212. The van der Waals surface area contributed by atoms with E-state index < -0.39 is 0 Å². The molecule has 1 aliphatic heterocycles. The maximum absolute atomic E-state index is 14.0. The molecule has 0 aromatic heterocycles. The molecule has 0 unspecified atom stereocenters. The van der Waals surface area contributed by atoms with Crippen molar-refractivity contribution < 1.29 is 9.18 Å². The number of para-hydroxylation sites is 1. The van der Waals surface area contributed by atoms with Gasteiger partial charge in [0.1, 0.15) is 5.82 Å². The molecule has 0 spiro atoms. The molecule has 2 N–H and O–H groups in total. The van der Waals surface area contributed by atoms with Crippen molar-refractivity contribution in [2.75, 3.05) is 37.6 Å². The van der Waals surface area contributed by atoms with Crippen molar-refractivity contribution in [1.82, 2.24) is 4.90 Å². The first kappa shape index (κ1) is 15.8. The van der Waals surface area contributed by atoms with Crippen LogP contribution in [0.15, 0.2) is 24.3 Å². The molecule has 21 heavy (non-hydrogen) atoms. The topological polar surface area (TPSA) is 49.6 Å². The van der Waals surface area contributed by atoms with E-state index in [4.69, 9.17) is 5.73 Å². The minimum Gasteiger partial charge on any atom is -0.360 e. The highest BCUT2D eigenvalue weighted by molar-refractivity contribution is 5.81. The Morgan fingerprint density at radius 3 is 2.62 bits per heavy atom. The van der Waals surface area contributed by atoms with E-state index in [0.29, 0.717) is 18.8 Å². The van der Waals surface area contributed by atoms with Crippen molar-refractivity contribution in [3.05, 3.63) is 30.1 Å². The number of nitrogens with zero attached hydrogens (tertiary/aromatic N) is 2. The Labute approximate surface area is 125 Å². The minimum atomic E-state index is -0.291. The van der Waals surface area contributed by atoms with Crippen LogP contribution in [0, 0.1) is 5.82 Å². The molecule has 1 fully saturated rings. The fraction of sp³-hybridized carbons (Fsp3) is 0.562. The van der Waals surface area contributed by atoms with Gasteiger partial charge in [-0.25, -0.2) is 4.39 Å². The number of nitrogens with two attached hydrogens (primary N) is 1. The van der Waals surface area contributed by atoms with E-state index >= 15 is 0 Å². The highest BCUT2D eigenvalue weighted by atomic mass is 19.1. The molecule has 4 nitrogen and oxygen atoms in total. The van der Waals surface area contributed by atoms with Crippen LogP contribution in [0.4, 0.5) is 10.1 Å². The number of hydrogen-bond donors (Lipinski definition) is 1. The number of anilines is 1. The van der Waals surface area contributed by atoms with E-state index in [1.807, 2.05) is 4.90 Å². The molecule has 1 aliphatic rings. The minimum absolute atomic E-state index is 0.0787. The molecular weight excluding hydrogens is 269 g/mol. The van der Waals surface area contributed by atoms with Crippen LogP contribution in [0.5, 0.6) is 0 Å². The van der Waals surface area contributed by atoms with Crippen molar-refractivity contribution in [1.29, 1.82) is 0 Å². The molecule has 0 saturated carbocycles. The van der Waals surface area contributed by atoms with Crippen LogP contribution >= 0.6 is 0 Å². The summed E-state index contributed by atoms with van der Waals surface area (Å²) in [7, 11) is 0. The lowest BCUT2D eigenvalue weighted by Gasteiger charge is -2.31. The molecular formula is C16H24FN3O. The largest absolute Gasteiger partial charge is 0.360 e. The molecule has 1 aromatic rings. The second-order valence-electron chi connectivity index (χ2n) is 5.46. The van der Waals surface area contributed by atoms with Crippen molar-refractivity contribution in [2.24, 2.45) is 5.73 Å². The monoisotopic (exact) mass is 293 g/mol. The summed E-state index contributed by atoms with van der Waals surface area (Å²) >= 11 is 0. The molecule has 1 aromatic carbocycles. The first-order chi connectivity index (χ1) is 10.2. The van der Waals surface area contributed by atoms with E-state index in [1.165, 1.54) is 12.5 Å². The maximum atomic E-state index is 14.0. The maximum Gasteiger partial charge on any atom is 0.242 e. The molecule has 116 valence electrons. The van der Waals surface area contributed by atoms with Gasteiger partial charge in [0, 0.05) is 19.6 Å². The van der Waals surface area contributed by atoms with E-state index in [0.717, 1.165) is 32.4 Å². The van der Waals surface area contributed by atoms with Crippen LogP contribution in [0.2, 0.25) is 0 Å². The van der Waals surface area contributed by atoms with E-state index in [9.17, 15) is 9.18 Å². The van der Waals surface area contributed by atoms with Crippen LogP contribution in [0.3, 0.4) is 0 Å². The molecule has 5 heteroatoms. The third-order valence-electron chi connectivity index (χ3n) is 3.86. The van der Waals surface area contributed by atoms with Gasteiger partial charge in [0.05, 0.1) is 12.2 Å². The van der Waals surface area contributed by atoms with Gasteiger partial charge in [0.15, 0.2) is 0 Å². The molecule has 0 bridgehead atoms. The van der Waals surface area contributed by atoms with Gasteiger partial charge in [-0.3, -0.25) is 4.79 Å². The molecule has 1 amide bonds. The normalized spacial score (nSPS) is 15.0. The summed E-state index contributed by atoms with van der Waals surface area (Å²) in [4.78, 5) is 16.1. The Morgan fingerprint density at radius 1 is 1.24 bits per heavy atom. The summed E-state index contributed by atoms with van der Waals surface area (Å²) in [6.45, 7) is 2.99. The number of benzene rings is 1. The number of rotatable bonds is 6. The highest BCUT2D eigenvalue weighted by Crippen LogP contribution is 2.19. The Kier molecular flexibility index (Phi) is 5.99. The fourth-order valence-electron chi connectivity index (χ4n) is 2.68. The van der Waals surface area contributed by atoms with Gasteiger partial charge < -0.3 is 15.5 Å². The molecule has 1 saturated heterocycles. The number of likely N-dealkylation sites (tertiary alicyclic amines) is 1. The Balaban J connectivity index is 2.05. The van der Waals surface area contributed by atoms with Crippen molar-refractivity contribution >= 4 is 11.6 Å². The van der Waals surface area contributed by atoms with Gasteiger partial charge in [-0.1, -0.05) is 12.1 Å². The second-order valence-corrected chi connectivity index (χ2v) is 5.46. The van der Waals surface area contributed by atoms with E-state index in [2.05, 4.69) is 0 Å². The first-order valence-electron chi connectivity index (χ1n) is 7.69. The quantitative estimate of drug-likeness (QED) is 0.872. The van der Waals surface area contributed by atoms with E-state index in [1.54, 1.807) is 23.1 Å². The molecule has 2 rings (SSSR count). The number of hydrogen-bond acceptors (Lipinski definition) is 3. The zero-order chi connectivity index (χ0) is 15.1. The predicted molar refractivity (Wildman–Crippen MR) is 82.7 cm³/mol. The Hall–Kier alpha value is -1.62. The summed E-state index contributed by atoms with van der Waals surface area (Å²) < 4.78 is 14.0. The van der Waals surface area contributed by atoms with Crippen molar-refractivity contribution in [2.45, 2.75) is 25.7 Å². The van der Waals surface area contributed by atoms with Gasteiger partial charge in [-0.2, -0.15) is 0 Å². The number of piperidine rings is 1. The summed E-state index contributed by atoms with van der Waals surface area (Å²) in [6, 6.07) is 6.59. The average Bonchev–Trinajstić information content (AvgIpc) is 2.53. The zero-order valence-electron chi connectivity index (χ0n) is 12.4. The fourth-order valence-corrected chi connectivity index (χ4v) is 2.68. The summed E-state index contributed by atoms with van der Waals surface area (Å²) in [6.07, 6.45) is 4.05. The smallest absolute Gasteiger partial charge is 0.242 e. The molecule has 0 atom stereocenters. The van der Waals surface area contributed by atoms with Gasteiger partial charge in [0.2, 0.25) is 5.91 Å². The Bertz CT molecular complexity index is 461. The van der Waals surface area contributed by atoms with Gasteiger partial charge in [0.25, 0.3) is 0 Å². The third-order valence-corrected chi connectivity index (χ3v) is 3.86.